The highest BCUT2D eigenvalue weighted by molar-refractivity contribution is 7.86. The summed E-state index contributed by atoms with van der Waals surface area (Å²) in [6, 6.07) is 8.38. The molecule has 2 aromatic heterocycles. The highest BCUT2D eigenvalue weighted by atomic mass is 32.2. The van der Waals surface area contributed by atoms with Gasteiger partial charge in [-0.05, 0) is 36.4 Å². The number of hydrogen-bond donors (Lipinski definition) is 2. The zero-order chi connectivity index (χ0) is 28.3. The summed E-state index contributed by atoms with van der Waals surface area (Å²) < 4.78 is 95.4. The van der Waals surface area contributed by atoms with Crippen LogP contribution in [-0.4, -0.2) is 31.9 Å². The van der Waals surface area contributed by atoms with E-state index in [0.29, 0.717) is 26.8 Å². The van der Waals surface area contributed by atoms with E-state index in [9.17, 15) is 30.6 Å². The number of nitrogens with zero attached hydrogens (tertiary/aromatic N) is 3. The monoisotopic (exact) mass is 585 g/mol. The maximum atomic E-state index is 14.7. The molecule has 0 bridgehead atoms. The molecule has 0 aliphatic heterocycles. The normalized spacial score (nSPS) is 12.5. The van der Waals surface area contributed by atoms with E-state index in [-0.39, 0.29) is 17.6 Å². The van der Waals surface area contributed by atoms with Gasteiger partial charge in [0.05, 0.1) is 33.4 Å². The Kier molecular flexibility index (Phi) is 8.54. The first-order chi connectivity index (χ1) is 18.4. The Hall–Kier alpha value is -3.52. The number of alkyl halides is 3. The topological polar surface area (TPSA) is 79.8 Å². The highest BCUT2D eigenvalue weighted by Crippen LogP contribution is 2.39. The van der Waals surface area contributed by atoms with Gasteiger partial charge in [-0.1, -0.05) is 19.9 Å². The van der Waals surface area contributed by atoms with E-state index in [1.807, 2.05) is 13.8 Å². The van der Waals surface area contributed by atoms with Crippen LogP contribution in [0.15, 0.2) is 53.6 Å². The van der Waals surface area contributed by atoms with Gasteiger partial charge in [0, 0.05) is 24.2 Å². The van der Waals surface area contributed by atoms with Gasteiger partial charge in [-0.25, -0.2) is 32.3 Å². The average Bonchev–Trinajstić information content (AvgIpc) is 3.31. The van der Waals surface area contributed by atoms with E-state index >= 15 is 0 Å². The average molecular weight is 586 g/mol. The van der Waals surface area contributed by atoms with E-state index in [4.69, 9.17) is 0 Å². The van der Waals surface area contributed by atoms with Crippen molar-refractivity contribution in [2.45, 2.75) is 37.3 Å². The zero-order valence-electron chi connectivity index (χ0n) is 20.4. The molecule has 206 valence electrons. The summed E-state index contributed by atoms with van der Waals surface area (Å²) in [6.07, 6.45) is -4.01. The van der Waals surface area contributed by atoms with Crippen LogP contribution in [0.5, 0.6) is 0 Å². The minimum atomic E-state index is -4.34. The molecule has 14 heteroatoms. The molecule has 0 saturated carbocycles. The number of thiazole rings is 1. The first-order valence-corrected chi connectivity index (χ1v) is 13.5. The number of anilines is 2. The van der Waals surface area contributed by atoms with Crippen molar-refractivity contribution in [1.29, 1.82) is 0 Å². The summed E-state index contributed by atoms with van der Waals surface area (Å²) >= 11 is 1.29. The quantitative estimate of drug-likeness (QED) is 0.202. The minimum absolute atomic E-state index is 0.00305. The molecule has 6 nitrogen and oxygen atoms in total. The molecular weight excluding hydrogens is 564 g/mol. The van der Waals surface area contributed by atoms with E-state index in [0.717, 1.165) is 24.3 Å². The fraction of sp³-hybridized carbons (Fsp3) is 0.240. The number of nitrogens with one attached hydrogen (secondary N) is 2. The minimum Gasteiger partial charge on any atom is -0.354 e. The molecule has 0 fully saturated rings. The summed E-state index contributed by atoms with van der Waals surface area (Å²) in [5.74, 6) is -2.93. The summed E-state index contributed by atoms with van der Waals surface area (Å²) in [5, 5.41) is 3.26. The summed E-state index contributed by atoms with van der Waals surface area (Å²) in [4.78, 5) is 12.8. The zero-order valence-corrected chi connectivity index (χ0v) is 22.1. The van der Waals surface area contributed by atoms with Gasteiger partial charge in [0.2, 0.25) is 5.95 Å². The Morgan fingerprint density at radius 1 is 1.00 bits per heavy atom. The Labute approximate surface area is 226 Å². The van der Waals surface area contributed by atoms with E-state index in [1.165, 1.54) is 29.7 Å². The predicted molar refractivity (Wildman–Crippen MR) is 138 cm³/mol. The van der Waals surface area contributed by atoms with Crippen molar-refractivity contribution in [3.8, 4) is 21.8 Å². The van der Waals surface area contributed by atoms with Crippen LogP contribution in [0.25, 0.3) is 21.8 Å². The molecule has 2 aromatic carbocycles. The molecule has 2 N–H and O–H groups in total. The maximum absolute atomic E-state index is 14.7. The van der Waals surface area contributed by atoms with Crippen LogP contribution >= 0.6 is 11.3 Å². The molecule has 39 heavy (non-hydrogen) atoms. The van der Waals surface area contributed by atoms with Crippen LogP contribution in [0.2, 0.25) is 0 Å². The molecule has 4 aromatic rings. The second-order valence-corrected chi connectivity index (χ2v) is 10.7. The van der Waals surface area contributed by atoms with Crippen molar-refractivity contribution in [2.75, 3.05) is 16.6 Å². The van der Waals surface area contributed by atoms with Crippen LogP contribution in [0, 0.1) is 17.5 Å². The molecule has 0 aliphatic carbocycles. The fourth-order valence-corrected chi connectivity index (χ4v) is 5.41. The van der Waals surface area contributed by atoms with Crippen molar-refractivity contribution >= 4 is 34.0 Å². The lowest BCUT2D eigenvalue weighted by atomic mass is 10.1. The molecule has 4 rings (SSSR count). The number of halogens is 6. The van der Waals surface area contributed by atoms with E-state index in [1.54, 1.807) is 6.07 Å². The molecule has 0 radical (unpaired) electrons. The molecule has 1 unspecified atom stereocenters. The standard InChI is InChI=1S/C25H21F6N5OS2/c1-13(2)23-35-20(21(38-23)18-8-10-32-24(34-18)33-11-9-25(29,30)31)14-6-7-15(26)19(12-14)36-39(37)22-16(27)4-3-5-17(22)28/h3-8,10,12-13,36H,9,11H2,1-2H3,(H,32,33,34). The lowest BCUT2D eigenvalue weighted by molar-refractivity contribution is -0.131. The van der Waals surface area contributed by atoms with Crippen LogP contribution < -0.4 is 10.0 Å². The molecule has 2 heterocycles. The number of hydrogen-bond acceptors (Lipinski definition) is 6. The van der Waals surface area contributed by atoms with E-state index in [2.05, 4.69) is 25.0 Å². The Balaban J connectivity index is 1.69. The highest BCUT2D eigenvalue weighted by Gasteiger charge is 2.26. The largest absolute Gasteiger partial charge is 0.390 e. The van der Waals surface area contributed by atoms with Gasteiger partial charge >= 0.3 is 6.18 Å². The molecule has 0 aliphatic rings. The molecule has 0 amide bonds. The molecule has 0 spiro atoms. The van der Waals surface area contributed by atoms with Crippen molar-refractivity contribution < 1.29 is 30.6 Å². The second kappa shape index (κ2) is 11.7. The van der Waals surface area contributed by atoms with Crippen molar-refractivity contribution in [3.05, 3.63) is 71.1 Å². The van der Waals surface area contributed by atoms with Gasteiger partial charge in [-0.15, -0.1) is 11.3 Å². The molecule has 1 atom stereocenters. The second-order valence-electron chi connectivity index (χ2n) is 8.56. The number of benzene rings is 2. The Morgan fingerprint density at radius 3 is 2.38 bits per heavy atom. The maximum Gasteiger partial charge on any atom is 0.390 e. The Morgan fingerprint density at radius 2 is 1.72 bits per heavy atom. The third kappa shape index (κ3) is 6.92. The smallest absolute Gasteiger partial charge is 0.354 e. The third-order valence-electron chi connectivity index (χ3n) is 5.26. The number of rotatable bonds is 9. The van der Waals surface area contributed by atoms with Crippen molar-refractivity contribution in [2.24, 2.45) is 0 Å². The van der Waals surface area contributed by atoms with Crippen LogP contribution in [0.3, 0.4) is 0 Å². The summed E-state index contributed by atoms with van der Waals surface area (Å²) in [7, 11) is -2.46. The third-order valence-corrected chi connectivity index (χ3v) is 7.81. The van der Waals surface area contributed by atoms with Gasteiger partial charge in [0.25, 0.3) is 0 Å². The SMILES string of the molecule is CC(C)c1nc(-c2ccc(F)c(NS(=O)c3c(F)cccc3F)c2)c(-c2ccnc(NCCC(F)(F)F)n2)s1. The lowest BCUT2D eigenvalue weighted by Crippen LogP contribution is -2.15. The van der Waals surface area contributed by atoms with Gasteiger partial charge < -0.3 is 5.32 Å². The first-order valence-electron chi connectivity index (χ1n) is 11.5. The first kappa shape index (κ1) is 28.5. The van der Waals surface area contributed by atoms with Crippen molar-refractivity contribution in [1.82, 2.24) is 15.0 Å². The van der Waals surface area contributed by atoms with Gasteiger partial charge in [-0.3, -0.25) is 4.72 Å². The predicted octanol–water partition coefficient (Wildman–Crippen LogP) is 7.31. The van der Waals surface area contributed by atoms with Gasteiger partial charge in [-0.2, -0.15) is 13.2 Å². The van der Waals surface area contributed by atoms with Crippen molar-refractivity contribution in [3.63, 3.8) is 0 Å². The van der Waals surface area contributed by atoms with Crippen LogP contribution in [0.4, 0.5) is 38.0 Å². The Bertz CT molecular complexity index is 1490. The lowest BCUT2D eigenvalue weighted by Gasteiger charge is -2.11. The number of aromatic nitrogens is 3. The van der Waals surface area contributed by atoms with Gasteiger partial charge in [0.1, 0.15) is 22.3 Å². The van der Waals surface area contributed by atoms with Gasteiger partial charge in [0.15, 0.2) is 11.0 Å². The van der Waals surface area contributed by atoms with Crippen LogP contribution in [0.1, 0.15) is 31.2 Å². The molecule has 0 saturated heterocycles. The summed E-state index contributed by atoms with van der Waals surface area (Å²) in [5.41, 5.74) is 0.855. The summed E-state index contributed by atoms with van der Waals surface area (Å²) in [6.45, 7) is 3.42. The fourth-order valence-electron chi connectivity index (χ4n) is 3.40. The van der Waals surface area contributed by atoms with Crippen LogP contribution in [-0.2, 0) is 11.0 Å². The molecular formula is C25H21F6N5OS2. The van der Waals surface area contributed by atoms with E-state index < -0.39 is 52.5 Å².